The highest BCUT2D eigenvalue weighted by Gasteiger charge is 2.36. The highest BCUT2D eigenvalue weighted by Crippen LogP contribution is 2.38. The minimum Gasteiger partial charge on any atom is -0.306 e. The van der Waals surface area contributed by atoms with Crippen LogP contribution in [0.3, 0.4) is 0 Å². The monoisotopic (exact) mass is 278 g/mol. The molecule has 2 rings (SSSR count). The number of rotatable bonds is 1. The van der Waals surface area contributed by atoms with E-state index >= 15 is 0 Å². The van der Waals surface area contributed by atoms with Gasteiger partial charge in [0.05, 0.1) is 11.5 Å². The van der Waals surface area contributed by atoms with Crippen LogP contribution < -0.4 is 0 Å². The van der Waals surface area contributed by atoms with E-state index < -0.39 is 0 Å². The van der Waals surface area contributed by atoms with E-state index in [1.54, 1.807) is 0 Å². The Labute approximate surface area is 105 Å². The lowest BCUT2D eigenvalue weighted by Crippen LogP contribution is -2.40. The molecule has 0 amide bonds. The van der Waals surface area contributed by atoms with Gasteiger partial charge in [-0.15, -0.1) is 0 Å². The molecular weight excluding hydrogens is 264 g/mol. The zero-order valence-electron chi connectivity index (χ0n) is 9.41. The van der Waals surface area contributed by atoms with Crippen LogP contribution in [-0.4, -0.2) is 25.0 Å². The van der Waals surface area contributed by atoms with Crippen molar-refractivity contribution in [2.75, 3.05) is 20.1 Å². The molecular formula is C13H15BrN2. The van der Waals surface area contributed by atoms with Gasteiger partial charge in [-0.2, -0.15) is 5.26 Å². The second-order valence-electron chi connectivity index (χ2n) is 4.48. The van der Waals surface area contributed by atoms with Gasteiger partial charge in [0.1, 0.15) is 0 Å². The Balaban J connectivity index is 2.37. The highest BCUT2D eigenvalue weighted by atomic mass is 79.9. The van der Waals surface area contributed by atoms with Crippen molar-refractivity contribution in [3.05, 3.63) is 34.3 Å². The van der Waals surface area contributed by atoms with Gasteiger partial charge in [-0.25, -0.2) is 0 Å². The summed E-state index contributed by atoms with van der Waals surface area (Å²) in [4.78, 5) is 2.28. The predicted molar refractivity (Wildman–Crippen MR) is 68.2 cm³/mol. The van der Waals surface area contributed by atoms with Gasteiger partial charge in [-0.05, 0) is 44.6 Å². The number of hydrogen-bond donors (Lipinski definition) is 0. The molecule has 0 spiro atoms. The Kier molecular flexibility index (Phi) is 3.32. The van der Waals surface area contributed by atoms with Crippen molar-refractivity contribution >= 4 is 15.9 Å². The number of piperidine rings is 1. The fourth-order valence-electron chi connectivity index (χ4n) is 2.29. The Morgan fingerprint density at radius 1 is 1.31 bits per heavy atom. The van der Waals surface area contributed by atoms with Crippen molar-refractivity contribution in [2.24, 2.45) is 0 Å². The third kappa shape index (κ3) is 2.00. The van der Waals surface area contributed by atoms with Crippen molar-refractivity contribution < 1.29 is 0 Å². The Morgan fingerprint density at radius 3 is 2.50 bits per heavy atom. The van der Waals surface area contributed by atoms with Crippen LogP contribution in [0.25, 0.3) is 0 Å². The molecule has 1 aliphatic heterocycles. The quantitative estimate of drug-likeness (QED) is 0.790. The van der Waals surface area contributed by atoms with Crippen molar-refractivity contribution in [1.82, 2.24) is 4.90 Å². The lowest BCUT2D eigenvalue weighted by molar-refractivity contribution is 0.221. The summed E-state index contributed by atoms with van der Waals surface area (Å²) in [6.07, 6.45) is 1.84. The number of hydrogen-bond acceptors (Lipinski definition) is 2. The molecule has 16 heavy (non-hydrogen) atoms. The Bertz CT molecular complexity index is 414. The topological polar surface area (TPSA) is 27.0 Å². The Morgan fingerprint density at radius 2 is 1.94 bits per heavy atom. The second-order valence-corrected chi connectivity index (χ2v) is 5.33. The van der Waals surface area contributed by atoms with Crippen molar-refractivity contribution in [3.8, 4) is 6.07 Å². The molecule has 0 aromatic heterocycles. The summed E-state index contributed by atoms with van der Waals surface area (Å²) in [5, 5.41) is 9.52. The van der Waals surface area contributed by atoms with Crippen LogP contribution in [-0.2, 0) is 5.41 Å². The summed E-state index contributed by atoms with van der Waals surface area (Å²) in [5.74, 6) is 0. The summed E-state index contributed by atoms with van der Waals surface area (Å²) in [6, 6.07) is 10.6. The van der Waals surface area contributed by atoms with E-state index in [1.165, 1.54) is 0 Å². The van der Waals surface area contributed by atoms with E-state index in [2.05, 4.69) is 40.0 Å². The minimum atomic E-state index is -0.299. The Hall–Kier alpha value is -0.850. The smallest absolute Gasteiger partial charge is 0.0857 e. The number of likely N-dealkylation sites (tertiary alicyclic amines) is 1. The predicted octanol–water partition coefficient (Wildman–Crippen LogP) is 2.94. The van der Waals surface area contributed by atoms with Crippen molar-refractivity contribution in [1.29, 1.82) is 5.26 Å². The molecule has 1 fully saturated rings. The maximum Gasteiger partial charge on any atom is 0.0857 e. The first-order chi connectivity index (χ1) is 7.68. The molecule has 0 aliphatic carbocycles. The van der Waals surface area contributed by atoms with E-state index in [9.17, 15) is 5.26 Å². The van der Waals surface area contributed by atoms with Gasteiger partial charge in [0.2, 0.25) is 0 Å². The molecule has 0 unspecified atom stereocenters. The summed E-state index contributed by atoms with van der Waals surface area (Å²) in [5.41, 5.74) is 0.845. The average molecular weight is 279 g/mol. The molecule has 1 saturated heterocycles. The fraction of sp³-hybridized carbons (Fsp3) is 0.462. The fourth-order valence-corrected chi connectivity index (χ4v) is 2.96. The van der Waals surface area contributed by atoms with Crippen LogP contribution in [0.2, 0.25) is 0 Å². The van der Waals surface area contributed by atoms with E-state index in [-0.39, 0.29) is 5.41 Å². The second kappa shape index (κ2) is 4.57. The van der Waals surface area contributed by atoms with E-state index in [4.69, 9.17) is 0 Å². The average Bonchev–Trinajstić information content (AvgIpc) is 2.32. The SMILES string of the molecule is CN1CCC(C#N)(c2ccccc2Br)CC1. The molecule has 1 heterocycles. The molecule has 0 atom stereocenters. The van der Waals surface area contributed by atoms with Crippen LogP contribution in [0.15, 0.2) is 28.7 Å². The third-order valence-corrected chi connectivity index (χ3v) is 4.14. The van der Waals surface area contributed by atoms with Gasteiger partial charge in [-0.3, -0.25) is 0 Å². The van der Waals surface area contributed by atoms with Gasteiger partial charge < -0.3 is 4.90 Å². The largest absolute Gasteiger partial charge is 0.306 e. The van der Waals surface area contributed by atoms with Gasteiger partial charge in [0.15, 0.2) is 0 Å². The molecule has 0 saturated carbocycles. The van der Waals surface area contributed by atoms with Crippen molar-refractivity contribution in [3.63, 3.8) is 0 Å². The van der Waals surface area contributed by atoms with Gasteiger partial charge in [0.25, 0.3) is 0 Å². The maximum absolute atomic E-state index is 9.52. The molecule has 1 aromatic rings. The van der Waals surface area contributed by atoms with Gasteiger partial charge in [-0.1, -0.05) is 34.1 Å². The minimum absolute atomic E-state index is 0.299. The normalized spacial score (nSPS) is 20.3. The van der Waals surface area contributed by atoms with Crippen LogP contribution >= 0.6 is 15.9 Å². The highest BCUT2D eigenvalue weighted by molar-refractivity contribution is 9.10. The molecule has 84 valence electrons. The first-order valence-corrected chi connectivity index (χ1v) is 6.32. The van der Waals surface area contributed by atoms with Gasteiger partial charge in [0, 0.05) is 4.47 Å². The number of benzene rings is 1. The van der Waals surface area contributed by atoms with Gasteiger partial charge >= 0.3 is 0 Å². The zero-order valence-corrected chi connectivity index (χ0v) is 11.0. The van der Waals surface area contributed by atoms with Crippen LogP contribution in [0.5, 0.6) is 0 Å². The third-order valence-electron chi connectivity index (χ3n) is 3.44. The lowest BCUT2D eigenvalue weighted by Gasteiger charge is -2.36. The zero-order chi connectivity index (χ0) is 11.6. The lowest BCUT2D eigenvalue weighted by atomic mass is 9.74. The van der Waals surface area contributed by atoms with E-state index in [0.717, 1.165) is 36.0 Å². The summed E-state index contributed by atoms with van der Waals surface area (Å²) in [6.45, 7) is 1.99. The van der Waals surface area contributed by atoms with E-state index in [1.807, 2.05) is 18.2 Å². The molecule has 0 radical (unpaired) electrons. The summed E-state index contributed by atoms with van der Waals surface area (Å²) < 4.78 is 1.06. The standard InChI is InChI=1S/C13H15BrN2/c1-16-8-6-13(10-15,7-9-16)11-4-2-3-5-12(11)14/h2-5H,6-9H2,1H3. The number of nitrogens with zero attached hydrogens (tertiary/aromatic N) is 2. The first kappa shape index (κ1) is 11.6. The molecule has 2 nitrogen and oxygen atoms in total. The molecule has 0 N–H and O–H groups in total. The molecule has 1 aliphatic rings. The number of nitriles is 1. The first-order valence-electron chi connectivity index (χ1n) is 5.53. The van der Waals surface area contributed by atoms with Crippen LogP contribution in [0.4, 0.5) is 0 Å². The van der Waals surface area contributed by atoms with E-state index in [0.29, 0.717) is 0 Å². The molecule has 0 bridgehead atoms. The maximum atomic E-state index is 9.52. The molecule has 1 aromatic carbocycles. The van der Waals surface area contributed by atoms with Crippen molar-refractivity contribution in [2.45, 2.75) is 18.3 Å². The summed E-state index contributed by atoms with van der Waals surface area (Å²) in [7, 11) is 2.11. The number of halogens is 1. The van der Waals surface area contributed by atoms with Crippen LogP contribution in [0, 0.1) is 11.3 Å². The van der Waals surface area contributed by atoms with Crippen LogP contribution in [0.1, 0.15) is 18.4 Å². The molecule has 3 heteroatoms. The summed E-state index contributed by atoms with van der Waals surface area (Å²) >= 11 is 3.56.